The number of benzene rings is 1. The van der Waals surface area contributed by atoms with E-state index in [4.69, 9.17) is 0 Å². The Balaban J connectivity index is 1.51. The van der Waals surface area contributed by atoms with Gasteiger partial charge in [-0.2, -0.15) is 0 Å². The molecule has 3 aliphatic rings. The van der Waals surface area contributed by atoms with Gasteiger partial charge < -0.3 is 10.2 Å². The molecule has 1 aromatic rings. The summed E-state index contributed by atoms with van der Waals surface area (Å²) in [5.41, 5.74) is 3.54. The number of carbonyl (C=O) groups is 1. The highest BCUT2D eigenvalue weighted by atomic mass is 16.2. The minimum Gasteiger partial charge on any atom is -0.331 e. The Morgan fingerprint density at radius 1 is 1.25 bits per heavy atom. The number of amides is 1. The second kappa shape index (κ2) is 4.88. The van der Waals surface area contributed by atoms with E-state index in [0.29, 0.717) is 6.04 Å². The first-order valence-electron chi connectivity index (χ1n) is 7.95. The molecule has 3 heteroatoms. The van der Waals surface area contributed by atoms with Gasteiger partial charge in [0, 0.05) is 18.2 Å². The van der Waals surface area contributed by atoms with E-state index in [-0.39, 0.29) is 5.91 Å². The van der Waals surface area contributed by atoms with Crippen LogP contribution in [0.4, 0.5) is 0 Å². The van der Waals surface area contributed by atoms with Crippen molar-refractivity contribution in [2.45, 2.75) is 44.7 Å². The first-order chi connectivity index (χ1) is 9.81. The first kappa shape index (κ1) is 12.4. The van der Waals surface area contributed by atoms with Gasteiger partial charge >= 0.3 is 0 Å². The van der Waals surface area contributed by atoms with Gasteiger partial charge in [0.1, 0.15) is 0 Å². The average Bonchev–Trinajstić information content (AvgIpc) is 3.26. The third-order valence-corrected chi connectivity index (χ3v) is 4.92. The zero-order valence-corrected chi connectivity index (χ0v) is 11.9. The van der Waals surface area contributed by atoms with Gasteiger partial charge in [-0.05, 0) is 68.3 Å². The molecule has 1 atom stereocenters. The molecule has 0 spiro atoms. The molecule has 1 saturated heterocycles. The molecule has 2 fully saturated rings. The largest absolute Gasteiger partial charge is 0.331 e. The maximum absolute atomic E-state index is 12.4. The van der Waals surface area contributed by atoms with Gasteiger partial charge in [0.25, 0.3) is 5.91 Å². The van der Waals surface area contributed by atoms with Gasteiger partial charge in [-0.3, -0.25) is 4.79 Å². The highest BCUT2D eigenvalue weighted by Gasteiger charge is 2.38. The molecule has 2 heterocycles. The molecule has 20 heavy (non-hydrogen) atoms. The van der Waals surface area contributed by atoms with Gasteiger partial charge in [0.15, 0.2) is 0 Å². The fraction of sp³-hybridized carbons (Fsp3) is 0.588. The molecule has 0 aromatic heterocycles. The van der Waals surface area contributed by atoms with Crippen molar-refractivity contribution in [3.8, 4) is 0 Å². The molecular formula is C17H22N2O. The Kier molecular flexibility index (Phi) is 3.03. The zero-order chi connectivity index (χ0) is 13.5. The third-order valence-electron chi connectivity index (χ3n) is 4.92. The van der Waals surface area contributed by atoms with E-state index in [9.17, 15) is 4.79 Å². The van der Waals surface area contributed by atoms with Crippen molar-refractivity contribution < 1.29 is 4.79 Å². The summed E-state index contributed by atoms with van der Waals surface area (Å²) in [5.74, 6) is 1.00. The zero-order valence-electron chi connectivity index (χ0n) is 11.9. The molecule has 1 amide bonds. The van der Waals surface area contributed by atoms with Crippen LogP contribution in [0.2, 0.25) is 0 Å². The second-order valence-corrected chi connectivity index (χ2v) is 6.57. The first-order valence-corrected chi connectivity index (χ1v) is 7.95. The molecule has 106 valence electrons. The van der Waals surface area contributed by atoms with E-state index in [2.05, 4.69) is 28.4 Å². The van der Waals surface area contributed by atoms with Crippen molar-refractivity contribution in [2.75, 3.05) is 13.1 Å². The minimum absolute atomic E-state index is 0.270. The quantitative estimate of drug-likeness (QED) is 0.914. The van der Waals surface area contributed by atoms with Crippen LogP contribution in [0.1, 0.15) is 47.2 Å². The summed E-state index contributed by atoms with van der Waals surface area (Å²) in [6, 6.07) is 7.10. The van der Waals surface area contributed by atoms with Crippen LogP contribution in [0.5, 0.6) is 0 Å². The van der Waals surface area contributed by atoms with Crippen molar-refractivity contribution in [1.29, 1.82) is 0 Å². The van der Waals surface area contributed by atoms with E-state index in [1.807, 2.05) is 0 Å². The molecule has 1 unspecified atom stereocenters. The number of rotatable bonds is 3. The number of carbonyl (C=O) groups excluding carboxylic acids is 1. The highest BCUT2D eigenvalue weighted by molar-refractivity contribution is 5.98. The second-order valence-electron chi connectivity index (χ2n) is 6.57. The summed E-state index contributed by atoms with van der Waals surface area (Å²) in [6.07, 6.45) is 6.09. The van der Waals surface area contributed by atoms with Gasteiger partial charge in [0.05, 0.1) is 0 Å². The van der Waals surface area contributed by atoms with Gasteiger partial charge in [-0.25, -0.2) is 0 Å². The maximum atomic E-state index is 12.4. The van der Waals surface area contributed by atoms with Crippen LogP contribution in [0, 0.1) is 5.92 Å². The van der Waals surface area contributed by atoms with Crippen LogP contribution in [-0.2, 0) is 13.0 Å². The maximum Gasteiger partial charge on any atom is 0.254 e. The summed E-state index contributed by atoms with van der Waals surface area (Å²) in [4.78, 5) is 14.5. The molecule has 1 N–H and O–H groups in total. The molecule has 1 aliphatic carbocycles. The number of nitrogens with one attached hydrogen (secondary N) is 1. The minimum atomic E-state index is 0.270. The lowest BCUT2D eigenvalue weighted by Gasteiger charge is -2.22. The Bertz CT molecular complexity index is 530. The number of hydrogen-bond donors (Lipinski definition) is 1. The standard InChI is InChI=1S/C17H22N2O/c20-17-16-9-12(8-13-2-1-7-18-10-13)3-4-14(16)11-19(17)15-5-6-15/h3-4,9,13,15,18H,1-2,5-8,10-11H2. The lowest BCUT2D eigenvalue weighted by molar-refractivity contribution is 0.0766. The average molecular weight is 270 g/mol. The van der Waals surface area contributed by atoms with Crippen molar-refractivity contribution in [3.63, 3.8) is 0 Å². The molecule has 0 bridgehead atoms. The summed E-state index contributed by atoms with van der Waals surface area (Å²) in [6.45, 7) is 3.12. The lowest BCUT2D eigenvalue weighted by atomic mass is 9.91. The molecule has 3 nitrogen and oxygen atoms in total. The SMILES string of the molecule is O=C1c2cc(CC3CCCNC3)ccc2CN1C1CC1. The van der Waals surface area contributed by atoms with Gasteiger partial charge in [-0.15, -0.1) is 0 Å². The Morgan fingerprint density at radius 2 is 2.15 bits per heavy atom. The van der Waals surface area contributed by atoms with Crippen LogP contribution in [0.25, 0.3) is 0 Å². The van der Waals surface area contributed by atoms with E-state index in [1.54, 1.807) is 0 Å². The molecule has 0 radical (unpaired) electrons. The number of piperidine rings is 1. The van der Waals surface area contributed by atoms with E-state index >= 15 is 0 Å². The van der Waals surface area contributed by atoms with Gasteiger partial charge in [-0.1, -0.05) is 12.1 Å². The van der Waals surface area contributed by atoms with Crippen LogP contribution in [0.3, 0.4) is 0 Å². The predicted octanol–water partition coefficient (Wildman–Crippen LogP) is 2.35. The van der Waals surface area contributed by atoms with Crippen molar-refractivity contribution in [3.05, 3.63) is 34.9 Å². The van der Waals surface area contributed by atoms with E-state index in [1.165, 1.54) is 36.8 Å². The Hall–Kier alpha value is -1.35. The normalized spacial score (nSPS) is 25.9. The van der Waals surface area contributed by atoms with Gasteiger partial charge in [0.2, 0.25) is 0 Å². The van der Waals surface area contributed by atoms with Crippen molar-refractivity contribution >= 4 is 5.91 Å². The monoisotopic (exact) mass is 270 g/mol. The lowest BCUT2D eigenvalue weighted by Crippen LogP contribution is -2.30. The van der Waals surface area contributed by atoms with Crippen LogP contribution >= 0.6 is 0 Å². The van der Waals surface area contributed by atoms with E-state index < -0.39 is 0 Å². The summed E-state index contributed by atoms with van der Waals surface area (Å²) in [7, 11) is 0. The van der Waals surface area contributed by atoms with E-state index in [0.717, 1.165) is 37.5 Å². The third kappa shape index (κ3) is 2.24. The van der Waals surface area contributed by atoms with Crippen molar-refractivity contribution in [2.24, 2.45) is 5.92 Å². The smallest absolute Gasteiger partial charge is 0.254 e. The number of fused-ring (bicyclic) bond motifs is 1. The fourth-order valence-electron chi connectivity index (χ4n) is 3.61. The molecule has 1 saturated carbocycles. The van der Waals surface area contributed by atoms with Crippen LogP contribution in [0.15, 0.2) is 18.2 Å². The fourth-order valence-corrected chi connectivity index (χ4v) is 3.61. The molecule has 1 aromatic carbocycles. The van der Waals surface area contributed by atoms with Crippen LogP contribution in [-0.4, -0.2) is 29.9 Å². The van der Waals surface area contributed by atoms with Crippen LogP contribution < -0.4 is 5.32 Å². The van der Waals surface area contributed by atoms with Crippen molar-refractivity contribution in [1.82, 2.24) is 10.2 Å². The Morgan fingerprint density at radius 3 is 2.90 bits per heavy atom. The number of nitrogens with zero attached hydrogens (tertiary/aromatic N) is 1. The molecule has 2 aliphatic heterocycles. The summed E-state index contributed by atoms with van der Waals surface area (Å²) in [5, 5.41) is 3.47. The number of hydrogen-bond acceptors (Lipinski definition) is 2. The molecular weight excluding hydrogens is 248 g/mol. The highest BCUT2D eigenvalue weighted by Crippen LogP contribution is 2.35. The summed E-state index contributed by atoms with van der Waals surface area (Å²) < 4.78 is 0. The molecule has 4 rings (SSSR count). The summed E-state index contributed by atoms with van der Waals surface area (Å²) >= 11 is 0. The predicted molar refractivity (Wildman–Crippen MR) is 78.6 cm³/mol. The topological polar surface area (TPSA) is 32.3 Å². The Labute approximate surface area is 120 Å².